The highest BCUT2D eigenvalue weighted by molar-refractivity contribution is 5.74. The predicted octanol–water partition coefficient (Wildman–Crippen LogP) is 4.84. The Balaban J connectivity index is 1.87. The van der Waals surface area contributed by atoms with Crippen LogP contribution < -0.4 is 10.6 Å². The molecule has 2 rings (SSSR count). The van der Waals surface area contributed by atoms with E-state index in [-0.39, 0.29) is 11.6 Å². The summed E-state index contributed by atoms with van der Waals surface area (Å²) in [6, 6.07) is 10.5. The molecule has 6 heteroatoms. The summed E-state index contributed by atoms with van der Waals surface area (Å²) >= 11 is 0. The molecule has 0 fully saturated rings. The number of amides is 2. The average Bonchev–Trinajstić information content (AvgIpc) is 2.60. The van der Waals surface area contributed by atoms with Crippen LogP contribution in [0.2, 0.25) is 0 Å². The van der Waals surface area contributed by atoms with Gasteiger partial charge in [-0.1, -0.05) is 30.3 Å². The van der Waals surface area contributed by atoms with Gasteiger partial charge in [-0.05, 0) is 56.5 Å². The summed E-state index contributed by atoms with van der Waals surface area (Å²) < 4.78 is 32.1. The van der Waals surface area contributed by atoms with Gasteiger partial charge in [0.25, 0.3) is 0 Å². The summed E-state index contributed by atoms with van der Waals surface area (Å²) in [5, 5.41) is 5.48. The highest BCUT2D eigenvalue weighted by atomic mass is 19.2. The fourth-order valence-corrected chi connectivity index (χ4v) is 2.42. The van der Waals surface area contributed by atoms with Crippen LogP contribution in [0.1, 0.15) is 50.4 Å². The Bertz CT molecular complexity index is 788. The van der Waals surface area contributed by atoms with E-state index in [1.54, 1.807) is 6.92 Å². The summed E-state index contributed by atoms with van der Waals surface area (Å²) in [6.07, 6.45) is 0. The van der Waals surface area contributed by atoms with Crippen LogP contribution in [0.3, 0.4) is 0 Å². The molecule has 2 aromatic carbocycles. The van der Waals surface area contributed by atoms with Crippen molar-refractivity contribution in [3.63, 3.8) is 0 Å². The predicted molar refractivity (Wildman–Crippen MR) is 101 cm³/mol. The third-order valence-corrected chi connectivity index (χ3v) is 3.91. The largest absolute Gasteiger partial charge is 0.371 e. The van der Waals surface area contributed by atoms with Crippen LogP contribution >= 0.6 is 0 Å². The van der Waals surface area contributed by atoms with Gasteiger partial charge in [-0.25, -0.2) is 13.6 Å². The van der Waals surface area contributed by atoms with Crippen LogP contribution in [0.25, 0.3) is 0 Å². The topological polar surface area (TPSA) is 50.4 Å². The Hall–Kier alpha value is -2.47. The maximum Gasteiger partial charge on any atom is 0.315 e. The first-order chi connectivity index (χ1) is 12.6. The minimum atomic E-state index is -0.934. The molecule has 2 amide bonds. The minimum absolute atomic E-state index is 0.218. The van der Waals surface area contributed by atoms with Gasteiger partial charge in [-0.15, -0.1) is 0 Å². The number of carbonyl (C=O) groups excluding carboxylic acids is 1. The Morgan fingerprint density at radius 1 is 1.07 bits per heavy atom. The van der Waals surface area contributed by atoms with Crippen molar-refractivity contribution in [2.45, 2.75) is 52.5 Å². The standard InChI is InChI=1S/C21H26F2N2O2/c1-14(17-8-9-18(22)19(23)11-17)25-20(26)24-12-15-6-5-7-16(10-15)13-27-21(2,3)4/h5-11,14H,12-13H2,1-4H3,(H2,24,25,26). The molecule has 0 aliphatic carbocycles. The highest BCUT2D eigenvalue weighted by Crippen LogP contribution is 2.16. The third-order valence-electron chi connectivity index (χ3n) is 3.91. The zero-order valence-electron chi connectivity index (χ0n) is 16.1. The van der Waals surface area contributed by atoms with E-state index in [9.17, 15) is 13.6 Å². The maximum absolute atomic E-state index is 13.3. The molecule has 0 radical (unpaired) electrons. The number of hydrogen-bond donors (Lipinski definition) is 2. The first-order valence-corrected chi connectivity index (χ1v) is 8.85. The first-order valence-electron chi connectivity index (χ1n) is 8.85. The number of urea groups is 1. The van der Waals surface area contributed by atoms with E-state index in [1.165, 1.54) is 6.07 Å². The van der Waals surface area contributed by atoms with Gasteiger partial charge in [0, 0.05) is 6.54 Å². The van der Waals surface area contributed by atoms with Gasteiger partial charge in [0.15, 0.2) is 11.6 Å². The van der Waals surface area contributed by atoms with Crippen molar-refractivity contribution in [1.29, 1.82) is 0 Å². The number of carbonyl (C=O) groups is 1. The van der Waals surface area contributed by atoms with Gasteiger partial charge in [0.1, 0.15) is 0 Å². The zero-order chi connectivity index (χ0) is 20.0. The molecule has 0 aliphatic rings. The molecule has 2 N–H and O–H groups in total. The maximum atomic E-state index is 13.3. The van der Waals surface area contributed by atoms with Gasteiger partial charge >= 0.3 is 6.03 Å². The van der Waals surface area contributed by atoms with Crippen LogP contribution in [0, 0.1) is 11.6 Å². The SMILES string of the molecule is CC(NC(=O)NCc1cccc(COC(C)(C)C)c1)c1ccc(F)c(F)c1. The molecule has 0 heterocycles. The van der Waals surface area contributed by atoms with E-state index in [2.05, 4.69) is 10.6 Å². The van der Waals surface area contributed by atoms with Crippen LogP contribution in [-0.4, -0.2) is 11.6 Å². The monoisotopic (exact) mass is 376 g/mol. The van der Waals surface area contributed by atoms with Gasteiger partial charge < -0.3 is 15.4 Å². The molecule has 0 bridgehead atoms. The van der Waals surface area contributed by atoms with E-state index in [0.717, 1.165) is 23.3 Å². The van der Waals surface area contributed by atoms with Crippen LogP contribution in [0.5, 0.6) is 0 Å². The average molecular weight is 376 g/mol. The second-order valence-electron chi connectivity index (χ2n) is 7.44. The van der Waals surface area contributed by atoms with Gasteiger partial charge in [-0.2, -0.15) is 0 Å². The van der Waals surface area contributed by atoms with E-state index < -0.39 is 17.7 Å². The fourth-order valence-electron chi connectivity index (χ4n) is 2.42. The lowest BCUT2D eigenvalue weighted by Gasteiger charge is -2.19. The normalized spacial score (nSPS) is 12.5. The van der Waals surface area contributed by atoms with Crippen LogP contribution in [0.15, 0.2) is 42.5 Å². The fraction of sp³-hybridized carbons (Fsp3) is 0.381. The highest BCUT2D eigenvalue weighted by Gasteiger charge is 2.12. The third kappa shape index (κ3) is 6.98. The van der Waals surface area contributed by atoms with Crippen molar-refractivity contribution in [3.8, 4) is 0 Å². The molecule has 0 aromatic heterocycles. The molecule has 2 aromatic rings. The quantitative estimate of drug-likeness (QED) is 0.758. The van der Waals surface area contributed by atoms with E-state index in [1.807, 2.05) is 45.0 Å². The van der Waals surface area contributed by atoms with Crippen LogP contribution in [0.4, 0.5) is 13.6 Å². The summed E-state index contributed by atoms with van der Waals surface area (Å²) in [5.41, 5.74) is 2.25. The molecule has 0 saturated carbocycles. The number of hydrogen-bond acceptors (Lipinski definition) is 2. The summed E-state index contributed by atoms with van der Waals surface area (Å²) in [4.78, 5) is 12.1. The number of rotatable bonds is 6. The molecule has 4 nitrogen and oxygen atoms in total. The number of benzene rings is 2. The van der Waals surface area contributed by atoms with E-state index >= 15 is 0 Å². The number of nitrogens with one attached hydrogen (secondary N) is 2. The van der Waals surface area contributed by atoms with Crippen molar-refractivity contribution >= 4 is 6.03 Å². The Labute approximate surface area is 158 Å². The number of ether oxygens (including phenoxy) is 1. The van der Waals surface area contributed by atoms with Crippen molar-refractivity contribution in [1.82, 2.24) is 10.6 Å². The molecule has 1 unspecified atom stereocenters. The first kappa shape index (κ1) is 20.8. The Morgan fingerprint density at radius 3 is 2.44 bits per heavy atom. The Kier molecular flexibility index (Phi) is 6.91. The zero-order valence-corrected chi connectivity index (χ0v) is 16.1. The molecule has 1 atom stereocenters. The summed E-state index contributed by atoms with van der Waals surface area (Å²) in [6.45, 7) is 8.54. The lowest BCUT2D eigenvalue weighted by Crippen LogP contribution is -2.36. The van der Waals surface area contributed by atoms with Crippen molar-refractivity contribution in [2.24, 2.45) is 0 Å². The summed E-state index contributed by atoms with van der Waals surface area (Å²) in [5.74, 6) is -1.85. The van der Waals surface area contributed by atoms with Crippen molar-refractivity contribution < 1.29 is 18.3 Å². The molecule has 0 spiro atoms. The van der Waals surface area contributed by atoms with Gasteiger partial charge in [0.2, 0.25) is 0 Å². The number of halogens is 2. The van der Waals surface area contributed by atoms with Gasteiger partial charge in [0.05, 0.1) is 18.2 Å². The molecule has 0 saturated heterocycles. The van der Waals surface area contributed by atoms with Crippen molar-refractivity contribution in [2.75, 3.05) is 0 Å². The Morgan fingerprint density at radius 2 is 1.78 bits per heavy atom. The molecular formula is C21H26F2N2O2. The smallest absolute Gasteiger partial charge is 0.315 e. The van der Waals surface area contributed by atoms with E-state index in [4.69, 9.17) is 4.74 Å². The van der Waals surface area contributed by atoms with Crippen molar-refractivity contribution in [3.05, 3.63) is 70.8 Å². The second kappa shape index (κ2) is 8.95. The molecule has 0 aliphatic heterocycles. The van der Waals surface area contributed by atoms with Crippen LogP contribution in [-0.2, 0) is 17.9 Å². The lowest BCUT2D eigenvalue weighted by atomic mass is 10.1. The van der Waals surface area contributed by atoms with Gasteiger partial charge in [-0.3, -0.25) is 0 Å². The summed E-state index contributed by atoms with van der Waals surface area (Å²) in [7, 11) is 0. The van der Waals surface area contributed by atoms with E-state index in [0.29, 0.717) is 18.7 Å². The molecule has 27 heavy (non-hydrogen) atoms. The minimum Gasteiger partial charge on any atom is -0.371 e. The molecule has 146 valence electrons. The molecular weight excluding hydrogens is 350 g/mol. The second-order valence-corrected chi connectivity index (χ2v) is 7.44. The lowest BCUT2D eigenvalue weighted by molar-refractivity contribution is -0.0149.